The molecule has 1 saturated carbocycles. The van der Waals surface area contributed by atoms with Gasteiger partial charge in [-0.3, -0.25) is 4.90 Å². The molecule has 110 valence electrons. The fraction of sp³-hybridized carbons (Fsp3) is 0.667. The molecule has 1 aliphatic heterocycles. The smallest absolute Gasteiger partial charge is 0.124 e. The molecule has 1 aromatic heterocycles. The van der Waals surface area contributed by atoms with Crippen LogP contribution < -0.4 is 0 Å². The minimum absolute atomic E-state index is 0.135. The molecular weight excluding hydrogens is 246 g/mol. The number of hydrogen-bond acceptors (Lipinski definition) is 2. The summed E-state index contributed by atoms with van der Waals surface area (Å²) in [7, 11) is 0. The average Bonchev–Trinajstić information content (AvgIpc) is 3.04. The van der Waals surface area contributed by atoms with Gasteiger partial charge in [-0.05, 0) is 63.2 Å². The van der Waals surface area contributed by atoms with Gasteiger partial charge in [0.1, 0.15) is 5.76 Å². The number of piperidine rings is 1. The predicted molar refractivity (Wildman–Crippen MR) is 82.6 cm³/mol. The van der Waals surface area contributed by atoms with E-state index in [-0.39, 0.29) is 5.54 Å². The molecule has 3 rings (SSSR count). The Hall–Kier alpha value is -1.02. The van der Waals surface area contributed by atoms with Crippen molar-refractivity contribution in [3.8, 4) is 0 Å². The van der Waals surface area contributed by atoms with Crippen molar-refractivity contribution in [3.05, 3.63) is 36.8 Å². The molecule has 1 aromatic rings. The van der Waals surface area contributed by atoms with Crippen LogP contribution in [0.1, 0.15) is 57.1 Å². The zero-order chi connectivity index (χ0) is 13.8. The number of nitrogens with zero attached hydrogens (tertiary/aromatic N) is 1. The molecule has 2 atom stereocenters. The fourth-order valence-corrected chi connectivity index (χ4v) is 4.46. The minimum Gasteiger partial charge on any atom is -0.467 e. The number of furan rings is 1. The van der Waals surface area contributed by atoms with Gasteiger partial charge in [0.05, 0.1) is 11.8 Å². The molecular formula is C18H27NO. The number of hydrogen-bond donors (Lipinski definition) is 0. The Bertz CT molecular complexity index is 419. The van der Waals surface area contributed by atoms with Gasteiger partial charge in [0.15, 0.2) is 0 Å². The lowest BCUT2D eigenvalue weighted by Gasteiger charge is -2.51. The maximum atomic E-state index is 5.93. The first-order valence-electron chi connectivity index (χ1n) is 8.28. The number of rotatable bonds is 4. The molecule has 0 radical (unpaired) electrons. The van der Waals surface area contributed by atoms with Crippen LogP contribution in [-0.2, 0) is 5.54 Å². The van der Waals surface area contributed by atoms with Crippen molar-refractivity contribution >= 4 is 0 Å². The van der Waals surface area contributed by atoms with Crippen LogP contribution in [-0.4, -0.2) is 18.0 Å². The molecule has 0 spiro atoms. The lowest BCUT2D eigenvalue weighted by atomic mass is 9.68. The highest BCUT2D eigenvalue weighted by atomic mass is 16.3. The molecule has 0 N–H and O–H groups in total. The molecule has 0 unspecified atom stereocenters. The van der Waals surface area contributed by atoms with E-state index in [1.165, 1.54) is 63.8 Å². The van der Waals surface area contributed by atoms with Crippen LogP contribution in [0.25, 0.3) is 0 Å². The highest BCUT2D eigenvalue weighted by Crippen LogP contribution is 2.49. The van der Waals surface area contributed by atoms with Crippen LogP contribution in [0, 0.1) is 5.92 Å². The second-order valence-corrected chi connectivity index (χ2v) is 6.42. The summed E-state index contributed by atoms with van der Waals surface area (Å²) in [6.07, 6.45) is 14.4. The summed E-state index contributed by atoms with van der Waals surface area (Å²) in [5.41, 5.74) is 0.135. The average molecular weight is 273 g/mol. The van der Waals surface area contributed by atoms with E-state index in [1.807, 2.05) is 6.26 Å². The lowest BCUT2D eigenvalue weighted by molar-refractivity contribution is -0.0323. The molecule has 20 heavy (non-hydrogen) atoms. The van der Waals surface area contributed by atoms with E-state index in [2.05, 4.69) is 29.7 Å². The van der Waals surface area contributed by atoms with E-state index in [4.69, 9.17) is 4.42 Å². The zero-order valence-corrected chi connectivity index (χ0v) is 12.5. The Kier molecular flexibility index (Phi) is 4.30. The van der Waals surface area contributed by atoms with Crippen molar-refractivity contribution in [1.82, 2.24) is 4.90 Å². The first kappa shape index (κ1) is 13.9. The summed E-state index contributed by atoms with van der Waals surface area (Å²) in [6.45, 7) is 6.46. The van der Waals surface area contributed by atoms with Crippen molar-refractivity contribution in [2.45, 2.75) is 56.9 Å². The van der Waals surface area contributed by atoms with Gasteiger partial charge in [-0.1, -0.05) is 25.3 Å². The molecule has 0 bridgehead atoms. The van der Waals surface area contributed by atoms with E-state index < -0.39 is 0 Å². The Morgan fingerprint density at radius 2 is 2.10 bits per heavy atom. The Labute approximate surface area is 122 Å². The van der Waals surface area contributed by atoms with Gasteiger partial charge in [0.2, 0.25) is 0 Å². The SMILES string of the molecule is C=CC[C@H]1CCCC[C@]1(c1ccco1)N1CCCCC1. The van der Waals surface area contributed by atoms with Gasteiger partial charge >= 0.3 is 0 Å². The van der Waals surface area contributed by atoms with Gasteiger partial charge in [-0.25, -0.2) is 0 Å². The van der Waals surface area contributed by atoms with Crippen LogP contribution in [0.2, 0.25) is 0 Å². The van der Waals surface area contributed by atoms with Crippen LogP contribution in [0.4, 0.5) is 0 Å². The van der Waals surface area contributed by atoms with Crippen molar-refractivity contribution in [2.75, 3.05) is 13.1 Å². The van der Waals surface area contributed by atoms with Gasteiger partial charge in [-0.2, -0.15) is 0 Å². The third kappa shape index (κ3) is 2.35. The molecule has 0 aromatic carbocycles. The molecule has 2 nitrogen and oxygen atoms in total. The van der Waals surface area contributed by atoms with Crippen molar-refractivity contribution < 1.29 is 4.42 Å². The summed E-state index contributed by atoms with van der Waals surface area (Å²) in [5, 5.41) is 0. The van der Waals surface area contributed by atoms with Crippen LogP contribution in [0.3, 0.4) is 0 Å². The Balaban J connectivity index is 1.98. The minimum atomic E-state index is 0.135. The van der Waals surface area contributed by atoms with E-state index in [1.54, 1.807) is 0 Å². The summed E-state index contributed by atoms with van der Waals surface area (Å²) in [4.78, 5) is 2.74. The van der Waals surface area contributed by atoms with E-state index in [0.29, 0.717) is 5.92 Å². The first-order valence-corrected chi connectivity index (χ1v) is 8.28. The monoisotopic (exact) mass is 273 g/mol. The highest BCUT2D eigenvalue weighted by Gasteiger charge is 2.48. The van der Waals surface area contributed by atoms with E-state index in [9.17, 15) is 0 Å². The fourth-order valence-electron chi connectivity index (χ4n) is 4.46. The van der Waals surface area contributed by atoms with Crippen LogP contribution >= 0.6 is 0 Å². The summed E-state index contributed by atoms with van der Waals surface area (Å²) >= 11 is 0. The normalized spacial score (nSPS) is 32.1. The maximum Gasteiger partial charge on any atom is 0.124 e. The summed E-state index contributed by atoms with van der Waals surface area (Å²) in [5.74, 6) is 1.86. The Morgan fingerprint density at radius 3 is 2.80 bits per heavy atom. The van der Waals surface area contributed by atoms with Crippen LogP contribution in [0.5, 0.6) is 0 Å². The molecule has 2 fully saturated rings. The van der Waals surface area contributed by atoms with E-state index >= 15 is 0 Å². The third-order valence-corrected chi connectivity index (χ3v) is 5.36. The van der Waals surface area contributed by atoms with E-state index in [0.717, 1.165) is 6.42 Å². The standard InChI is InChI=1S/C18H27NO/c1-2-9-16-10-4-5-12-18(16,17-11-8-15-20-17)19-13-6-3-7-14-19/h2,8,11,15-16H,1,3-7,9-10,12-14H2/t16-,18-/m0/s1. The second kappa shape index (κ2) is 6.17. The predicted octanol–water partition coefficient (Wildman–Crippen LogP) is 4.73. The second-order valence-electron chi connectivity index (χ2n) is 6.42. The topological polar surface area (TPSA) is 16.4 Å². The van der Waals surface area contributed by atoms with Crippen molar-refractivity contribution in [1.29, 1.82) is 0 Å². The van der Waals surface area contributed by atoms with Crippen LogP contribution in [0.15, 0.2) is 35.5 Å². The van der Waals surface area contributed by atoms with Crippen molar-refractivity contribution in [3.63, 3.8) is 0 Å². The lowest BCUT2D eigenvalue weighted by Crippen LogP contribution is -2.54. The zero-order valence-electron chi connectivity index (χ0n) is 12.5. The first-order chi connectivity index (χ1) is 9.88. The van der Waals surface area contributed by atoms with Crippen molar-refractivity contribution in [2.24, 2.45) is 5.92 Å². The molecule has 1 aliphatic carbocycles. The molecule has 0 amide bonds. The van der Waals surface area contributed by atoms with Gasteiger partial charge < -0.3 is 4.42 Å². The summed E-state index contributed by atoms with van der Waals surface area (Å²) in [6, 6.07) is 4.26. The largest absolute Gasteiger partial charge is 0.467 e. The molecule has 2 aliphatic rings. The van der Waals surface area contributed by atoms with Gasteiger partial charge in [0, 0.05) is 0 Å². The molecule has 2 heteroatoms. The molecule has 2 heterocycles. The van der Waals surface area contributed by atoms with Gasteiger partial charge in [0.25, 0.3) is 0 Å². The quantitative estimate of drug-likeness (QED) is 0.738. The third-order valence-electron chi connectivity index (χ3n) is 5.36. The summed E-state index contributed by atoms with van der Waals surface area (Å²) < 4.78 is 5.93. The highest BCUT2D eigenvalue weighted by molar-refractivity contribution is 5.18. The van der Waals surface area contributed by atoms with Gasteiger partial charge in [-0.15, -0.1) is 6.58 Å². The number of allylic oxidation sites excluding steroid dienone is 1. The molecule has 1 saturated heterocycles. The Morgan fingerprint density at radius 1 is 1.25 bits per heavy atom. The number of likely N-dealkylation sites (tertiary alicyclic amines) is 1. The maximum absolute atomic E-state index is 5.93.